The average Bonchev–Trinajstić information content (AvgIpc) is 3.02. The summed E-state index contributed by atoms with van der Waals surface area (Å²) in [6, 6.07) is 11.4. The van der Waals surface area contributed by atoms with Crippen LogP contribution in [0, 0.1) is 6.92 Å². The number of benzene rings is 1. The molecule has 0 bridgehead atoms. The Labute approximate surface area is 124 Å². The second-order valence-corrected chi connectivity index (χ2v) is 5.37. The summed E-state index contributed by atoms with van der Waals surface area (Å²) in [4.78, 5) is 18.9. The average molecular weight is 281 g/mol. The number of hydrogen-bond acceptors (Lipinski definition) is 3. The van der Waals surface area contributed by atoms with Gasteiger partial charge in [0.05, 0.1) is 11.9 Å². The van der Waals surface area contributed by atoms with Gasteiger partial charge in [-0.3, -0.25) is 4.79 Å². The first-order chi connectivity index (χ1) is 10.2. The molecule has 0 radical (unpaired) electrons. The Morgan fingerprint density at radius 1 is 1.14 bits per heavy atom. The Kier molecular flexibility index (Phi) is 3.86. The lowest BCUT2D eigenvalue weighted by molar-refractivity contribution is 0.102. The zero-order valence-electron chi connectivity index (χ0n) is 12.2. The first-order valence-corrected chi connectivity index (χ1v) is 7.32. The maximum Gasteiger partial charge on any atom is 0.255 e. The summed E-state index contributed by atoms with van der Waals surface area (Å²) >= 11 is 0. The van der Waals surface area contributed by atoms with Crippen LogP contribution in [0.25, 0.3) is 0 Å². The van der Waals surface area contributed by atoms with Gasteiger partial charge in [-0.15, -0.1) is 0 Å². The summed E-state index contributed by atoms with van der Waals surface area (Å²) < 4.78 is 0. The quantitative estimate of drug-likeness (QED) is 0.939. The minimum atomic E-state index is -0.0937. The van der Waals surface area contributed by atoms with E-state index in [-0.39, 0.29) is 5.91 Å². The number of aryl methyl sites for hydroxylation is 1. The van der Waals surface area contributed by atoms with Gasteiger partial charge in [0.25, 0.3) is 5.91 Å². The van der Waals surface area contributed by atoms with Crippen LogP contribution >= 0.6 is 0 Å². The predicted octanol–water partition coefficient (Wildman–Crippen LogP) is 3.24. The molecule has 1 aromatic heterocycles. The van der Waals surface area contributed by atoms with Crippen molar-refractivity contribution in [3.8, 4) is 0 Å². The molecule has 4 nitrogen and oxygen atoms in total. The molecule has 0 saturated carbocycles. The lowest BCUT2D eigenvalue weighted by atomic mass is 10.1. The number of nitrogens with one attached hydrogen (secondary N) is 1. The van der Waals surface area contributed by atoms with Gasteiger partial charge in [0, 0.05) is 18.7 Å². The maximum absolute atomic E-state index is 12.2. The Balaban J connectivity index is 1.70. The molecule has 1 fully saturated rings. The number of aromatic nitrogens is 1. The lowest BCUT2D eigenvalue weighted by Gasteiger charge is -2.16. The third kappa shape index (κ3) is 3.05. The summed E-state index contributed by atoms with van der Waals surface area (Å²) in [6.45, 7) is 4.08. The van der Waals surface area contributed by atoms with Crippen LogP contribution in [0.2, 0.25) is 0 Å². The molecule has 2 aromatic rings. The molecule has 3 rings (SSSR count). The molecular formula is C17H19N3O. The number of anilines is 2. The van der Waals surface area contributed by atoms with E-state index in [1.807, 2.05) is 43.3 Å². The van der Waals surface area contributed by atoms with Gasteiger partial charge in [-0.05, 0) is 43.5 Å². The van der Waals surface area contributed by atoms with Crippen molar-refractivity contribution < 1.29 is 4.79 Å². The third-order valence-electron chi connectivity index (χ3n) is 3.83. The minimum Gasteiger partial charge on any atom is -0.357 e. The van der Waals surface area contributed by atoms with Crippen molar-refractivity contribution in [1.29, 1.82) is 0 Å². The molecule has 1 aromatic carbocycles. The van der Waals surface area contributed by atoms with E-state index >= 15 is 0 Å². The van der Waals surface area contributed by atoms with Crippen LogP contribution in [-0.2, 0) is 0 Å². The molecular weight excluding hydrogens is 262 g/mol. The highest BCUT2D eigenvalue weighted by Crippen LogP contribution is 2.19. The number of amides is 1. The summed E-state index contributed by atoms with van der Waals surface area (Å²) in [6.07, 6.45) is 4.19. The fraction of sp³-hybridized carbons (Fsp3) is 0.294. The zero-order valence-corrected chi connectivity index (χ0v) is 12.2. The van der Waals surface area contributed by atoms with E-state index in [0.29, 0.717) is 5.56 Å². The fourth-order valence-corrected chi connectivity index (χ4v) is 2.62. The third-order valence-corrected chi connectivity index (χ3v) is 3.83. The van der Waals surface area contributed by atoms with Crippen molar-refractivity contribution in [1.82, 2.24) is 4.98 Å². The van der Waals surface area contributed by atoms with E-state index < -0.39 is 0 Å². The van der Waals surface area contributed by atoms with Crippen LogP contribution in [0.1, 0.15) is 28.8 Å². The number of rotatable bonds is 3. The van der Waals surface area contributed by atoms with Gasteiger partial charge in [-0.2, -0.15) is 0 Å². The smallest absolute Gasteiger partial charge is 0.255 e. The highest BCUT2D eigenvalue weighted by Gasteiger charge is 2.13. The van der Waals surface area contributed by atoms with Gasteiger partial charge in [0.2, 0.25) is 0 Å². The molecule has 0 aliphatic carbocycles. The monoisotopic (exact) mass is 281 g/mol. The first kappa shape index (κ1) is 13.6. The highest BCUT2D eigenvalue weighted by molar-refractivity contribution is 6.05. The van der Waals surface area contributed by atoms with Crippen LogP contribution in [0.3, 0.4) is 0 Å². The summed E-state index contributed by atoms with van der Waals surface area (Å²) in [5.74, 6) is 0.894. The van der Waals surface area contributed by atoms with Crippen molar-refractivity contribution in [2.75, 3.05) is 23.3 Å². The standard InChI is InChI=1S/C17H19N3O/c1-13-6-2-3-7-15(13)17(21)19-14-8-9-16(18-12-14)20-10-4-5-11-20/h2-3,6-9,12H,4-5,10-11H2,1H3,(H,19,21). The molecule has 0 atom stereocenters. The molecule has 0 spiro atoms. The topological polar surface area (TPSA) is 45.2 Å². The second-order valence-electron chi connectivity index (χ2n) is 5.37. The van der Waals surface area contributed by atoms with Crippen molar-refractivity contribution in [3.63, 3.8) is 0 Å². The molecule has 1 N–H and O–H groups in total. The molecule has 1 saturated heterocycles. The van der Waals surface area contributed by atoms with E-state index in [1.165, 1.54) is 12.8 Å². The van der Waals surface area contributed by atoms with Crippen LogP contribution < -0.4 is 10.2 Å². The molecule has 2 heterocycles. The SMILES string of the molecule is Cc1ccccc1C(=O)Nc1ccc(N2CCCC2)nc1. The first-order valence-electron chi connectivity index (χ1n) is 7.32. The van der Waals surface area contributed by atoms with Gasteiger partial charge < -0.3 is 10.2 Å². The largest absolute Gasteiger partial charge is 0.357 e. The van der Waals surface area contributed by atoms with Crippen molar-refractivity contribution in [2.24, 2.45) is 0 Å². The van der Waals surface area contributed by atoms with Crippen LogP contribution in [0.5, 0.6) is 0 Å². The minimum absolute atomic E-state index is 0.0937. The van der Waals surface area contributed by atoms with Crippen LogP contribution in [0.4, 0.5) is 11.5 Å². The van der Waals surface area contributed by atoms with Gasteiger partial charge in [0.1, 0.15) is 5.82 Å². The number of pyridine rings is 1. The van der Waals surface area contributed by atoms with Gasteiger partial charge in [-0.1, -0.05) is 18.2 Å². The van der Waals surface area contributed by atoms with Crippen molar-refractivity contribution in [3.05, 3.63) is 53.7 Å². The van der Waals surface area contributed by atoms with Gasteiger partial charge in [0.15, 0.2) is 0 Å². The van der Waals surface area contributed by atoms with Crippen molar-refractivity contribution >= 4 is 17.4 Å². The van der Waals surface area contributed by atoms with E-state index in [4.69, 9.17) is 0 Å². The molecule has 1 amide bonds. The highest BCUT2D eigenvalue weighted by atomic mass is 16.1. The number of carbonyl (C=O) groups is 1. The molecule has 108 valence electrons. The molecule has 1 aliphatic rings. The molecule has 0 unspecified atom stereocenters. The second kappa shape index (κ2) is 5.95. The number of nitrogens with zero attached hydrogens (tertiary/aromatic N) is 2. The number of carbonyl (C=O) groups excluding carboxylic acids is 1. The summed E-state index contributed by atoms with van der Waals surface area (Å²) in [5.41, 5.74) is 2.39. The van der Waals surface area contributed by atoms with E-state index in [9.17, 15) is 4.79 Å². The fourth-order valence-electron chi connectivity index (χ4n) is 2.62. The molecule has 1 aliphatic heterocycles. The summed E-state index contributed by atoms with van der Waals surface area (Å²) in [7, 11) is 0. The Bertz CT molecular complexity index is 631. The van der Waals surface area contributed by atoms with Gasteiger partial charge in [-0.25, -0.2) is 4.98 Å². The molecule has 21 heavy (non-hydrogen) atoms. The lowest BCUT2D eigenvalue weighted by Crippen LogP contribution is -2.19. The maximum atomic E-state index is 12.2. The number of hydrogen-bond donors (Lipinski definition) is 1. The zero-order chi connectivity index (χ0) is 14.7. The van der Waals surface area contributed by atoms with Crippen LogP contribution in [-0.4, -0.2) is 24.0 Å². The van der Waals surface area contributed by atoms with E-state index in [0.717, 1.165) is 30.2 Å². The Morgan fingerprint density at radius 2 is 1.90 bits per heavy atom. The normalized spacial score (nSPS) is 14.2. The van der Waals surface area contributed by atoms with E-state index in [2.05, 4.69) is 15.2 Å². The molecule has 4 heteroatoms. The van der Waals surface area contributed by atoms with Crippen LogP contribution in [0.15, 0.2) is 42.6 Å². The van der Waals surface area contributed by atoms with E-state index in [1.54, 1.807) is 6.20 Å². The van der Waals surface area contributed by atoms with Crippen molar-refractivity contribution in [2.45, 2.75) is 19.8 Å². The van der Waals surface area contributed by atoms with Gasteiger partial charge >= 0.3 is 0 Å². The Hall–Kier alpha value is -2.36. The Morgan fingerprint density at radius 3 is 2.57 bits per heavy atom. The predicted molar refractivity (Wildman–Crippen MR) is 84.8 cm³/mol. The summed E-state index contributed by atoms with van der Waals surface area (Å²) in [5, 5.41) is 2.90.